The smallest absolute Gasteiger partial charge is 0.248 e. The van der Waals surface area contributed by atoms with Crippen LogP contribution in [0.15, 0.2) is 17.0 Å². The van der Waals surface area contributed by atoms with Crippen molar-refractivity contribution >= 4 is 16.9 Å². The number of nitrogens with zero attached hydrogens (tertiary/aromatic N) is 4. The molecule has 2 atom stereocenters. The lowest BCUT2D eigenvalue weighted by Gasteiger charge is -2.40. The maximum absolute atomic E-state index is 13.1. The Kier molecular flexibility index (Phi) is 12.0. The van der Waals surface area contributed by atoms with Crippen molar-refractivity contribution in [2.24, 2.45) is 5.92 Å². The highest BCUT2D eigenvalue weighted by Crippen LogP contribution is 2.29. The number of hydrogen-bond donors (Lipinski definition) is 0. The first-order valence-electron chi connectivity index (χ1n) is 14.1. The molecule has 1 saturated carbocycles. The number of likely N-dealkylation sites (tertiary alicyclic amines) is 1. The molecule has 1 aromatic carbocycles. The fraction of sp³-hybridized carbons (Fsp3) is 0.759. The van der Waals surface area contributed by atoms with Crippen LogP contribution < -0.4 is 4.74 Å². The Labute approximate surface area is 233 Å². The largest absolute Gasteiger partial charge is 0.497 e. The Hall–Kier alpha value is -1.52. The fourth-order valence-corrected chi connectivity index (χ4v) is 7.12. The molecule has 0 N–H and O–H groups in total. The van der Waals surface area contributed by atoms with E-state index in [9.17, 15) is 9.00 Å². The van der Waals surface area contributed by atoms with Gasteiger partial charge in [-0.2, -0.15) is 0 Å². The van der Waals surface area contributed by atoms with Gasteiger partial charge in [0.05, 0.1) is 18.6 Å². The highest BCUT2D eigenvalue weighted by atomic mass is 32.2. The second kappa shape index (κ2) is 14.7. The molecule has 1 saturated heterocycles. The number of carbonyl (C=O) groups is 1. The van der Waals surface area contributed by atoms with Gasteiger partial charge >= 0.3 is 0 Å². The number of hydrogen-bond acceptors (Lipinski definition) is 6. The minimum atomic E-state index is -1.30. The lowest BCUT2D eigenvalue weighted by atomic mass is 9.84. The first-order chi connectivity index (χ1) is 18.1. The fourth-order valence-electron chi connectivity index (χ4n) is 5.90. The van der Waals surface area contributed by atoms with Gasteiger partial charge in [-0.15, -0.1) is 0 Å². The molecule has 1 heterocycles. The van der Waals surface area contributed by atoms with Gasteiger partial charge in [-0.1, -0.05) is 0 Å². The molecular formula is C29H50N4O4S. The molecule has 0 radical (unpaired) electrons. The first kappa shape index (κ1) is 31.0. The van der Waals surface area contributed by atoms with Crippen LogP contribution in [0.25, 0.3) is 0 Å². The summed E-state index contributed by atoms with van der Waals surface area (Å²) in [6.07, 6.45) is 7.11. The maximum atomic E-state index is 13.1. The van der Waals surface area contributed by atoms with E-state index in [4.69, 9.17) is 9.47 Å². The molecule has 9 heteroatoms. The Morgan fingerprint density at radius 2 is 1.68 bits per heavy atom. The first-order valence-corrected chi connectivity index (χ1v) is 15.2. The average molecular weight is 551 g/mol. The minimum absolute atomic E-state index is 0.0314. The summed E-state index contributed by atoms with van der Waals surface area (Å²) in [7, 11) is 8.45. The second-order valence-electron chi connectivity index (χ2n) is 11.4. The minimum Gasteiger partial charge on any atom is -0.497 e. The van der Waals surface area contributed by atoms with Crippen LogP contribution in [0.1, 0.15) is 49.7 Å². The molecule has 1 unspecified atom stereocenters. The molecule has 38 heavy (non-hydrogen) atoms. The van der Waals surface area contributed by atoms with E-state index in [1.165, 1.54) is 45.3 Å². The molecule has 3 rings (SSSR count). The third-order valence-electron chi connectivity index (χ3n) is 8.39. The lowest BCUT2D eigenvalue weighted by molar-refractivity contribution is -0.137. The highest BCUT2D eigenvalue weighted by molar-refractivity contribution is 7.82. The highest BCUT2D eigenvalue weighted by Gasteiger charge is 2.29. The van der Waals surface area contributed by atoms with Gasteiger partial charge in [-0.25, -0.2) is 8.51 Å². The number of likely N-dealkylation sites (N-methyl/N-ethyl adjacent to an activating group) is 3. The maximum Gasteiger partial charge on any atom is 0.248 e. The number of ether oxygens (including phenoxy) is 2. The van der Waals surface area contributed by atoms with E-state index < -0.39 is 11.0 Å². The monoisotopic (exact) mass is 550 g/mol. The van der Waals surface area contributed by atoms with Gasteiger partial charge in [0.15, 0.2) is 0 Å². The van der Waals surface area contributed by atoms with Crippen LogP contribution in [0.3, 0.4) is 0 Å². The number of aryl methyl sites for hydroxylation is 2. The quantitative estimate of drug-likeness (QED) is 0.372. The summed E-state index contributed by atoms with van der Waals surface area (Å²) in [5.41, 5.74) is 1.88. The van der Waals surface area contributed by atoms with Crippen LogP contribution in [0.2, 0.25) is 0 Å². The number of carbonyl (C=O) groups excluding carboxylic acids is 1. The summed E-state index contributed by atoms with van der Waals surface area (Å²) in [6.45, 7) is 8.40. The van der Waals surface area contributed by atoms with Crippen molar-refractivity contribution in [2.75, 3.05) is 74.7 Å². The van der Waals surface area contributed by atoms with E-state index in [-0.39, 0.29) is 12.5 Å². The zero-order chi connectivity index (χ0) is 27.8. The van der Waals surface area contributed by atoms with Crippen LogP contribution >= 0.6 is 0 Å². The Morgan fingerprint density at radius 3 is 2.29 bits per heavy atom. The molecule has 2 aliphatic rings. The second-order valence-corrected chi connectivity index (χ2v) is 13.0. The van der Waals surface area contributed by atoms with E-state index in [1.54, 1.807) is 11.4 Å². The SMILES string of the molecule is COc1cc(C)c(S(=O)N(C)CCOCC(=O)N(C)C2CCC(CN3CCC[C@H](N(C)C)C3)CC2)c(C)c1. The number of amides is 1. The molecular weight excluding hydrogens is 500 g/mol. The molecule has 0 bridgehead atoms. The van der Waals surface area contributed by atoms with E-state index in [2.05, 4.69) is 23.9 Å². The molecule has 1 aromatic rings. The van der Waals surface area contributed by atoms with Gasteiger partial charge in [0, 0.05) is 45.8 Å². The molecule has 1 aliphatic heterocycles. The van der Waals surface area contributed by atoms with Crippen molar-refractivity contribution in [3.63, 3.8) is 0 Å². The third-order valence-corrected chi connectivity index (χ3v) is 10.1. The molecule has 216 valence electrons. The van der Waals surface area contributed by atoms with Gasteiger partial charge in [-0.3, -0.25) is 4.79 Å². The Balaban J connectivity index is 1.35. The van der Waals surface area contributed by atoms with Gasteiger partial charge in [0.1, 0.15) is 23.3 Å². The van der Waals surface area contributed by atoms with Crippen LogP contribution in [0, 0.1) is 19.8 Å². The standard InChI is InChI=1S/C29H50N4O4S/c1-22-17-27(36-7)18-23(2)29(22)38(35)31(5)15-16-37-21-28(34)32(6)25-12-10-24(11-13-25)19-33-14-8-9-26(20-33)30(3)4/h17-18,24-26H,8-16,19-21H2,1-7H3/t24?,25?,26-,38?/m0/s1. The van der Waals surface area contributed by atoms with E-state index in [0.717, 1.165) is 40.5 Å². The van der Waals surface area contributed by atoms with Crippen LogP contribution in [-0.4, -0.2) is 116 Å². The predicted molar refractivity (Wildman–Crippen MR) is 154 cm³/mol. The number of methoxy groups -OCH3 is 1. The third kappa shape index (κ3) is 8.49. The topological polar surface area (TPSA) is 65.6 Å². The van der Waals surface area contributed by atoms with E-state index in [1.807, 2.05) is 45.0 Å². The Bertz CT molecular complexity index is 912. The van der Waals surface area contributed by atoms with Crippen molar-refractivity contribution in [2.45, 2.75) is 69.4 Å². The zero-order valence-corrected chi connectivity index (χ0v) is 25.5. The molecule has 0 aromatic heterocycles. The summed E-state index contributed by atoms with van der Waals surface area (Å²) in [4.78, 5) is 20.5. The molecule has 8 nitrogen and oxygen atoms in total. The summed E-state index contributed by atoms with van der Waals surface area (Å²) < 4.78 is 25.9. The van der Waals surface area contributed by atoms with Gasteiger partial charge in [-0.05, 0) is 102 Å². The summed E-state index contributed by atoms with van der Waals surface area (Å²) in [5, 5.41) is 0. The zero-order valence-electron chi connectivity index (χ0n) is 24.7. The number of piperidine rings is 1. The Morgan fingerprint density at radius 1 is 1.03 bits per heavy atom. The van der Waals surface area contributed by atoms with Gasteiger partial charge in [0.25, 0.3) is 0 Å². The summed E-state index contributed by atoms with van der Waals surface area (Å²) in [6, 6.07) is 4.79. The normalized spacial score (nSPS) is 23.6. The molecule has 2 fully saturated rings. The van der Waals surface area contributed by atoms with Crippen molar-refractivity contribution in [1.82, 2.24) is 19.0 Å². The van der Waals surface area contributed by atoms with Crippen molar-refractivity contribution in [3.8, 4) is 5.75 Å². The van der Waals surface area contributed by atoms with Crippen molar-refractivity contribution < 1.29 is 18.5 Å². The summed E-state index contributed by atoms with van der Waals surface area (Å²) in [5.74, 6) is 1.54. The molecule has 0 spiro atoms. The summed E-state index contributed by atoms with van der Waals surface area (Å²) >= 11 is 0. The number of benzene rings is 1. The van der Waals surface area contributed by atoms with Crippen LogP contribution in [0.5, 0.6) is 5.75 Å². The number of rotatable bonds is 12. The molecule has 1 aliphatic carbocycles. The van der Waals surface area contributed by atoms with Gasteiger partial charge < -0.3 is 24.2 Å². The average Bonchev–Trinajstić information content (AvgIpc) is 2.90. The van der Waals surface area contributed by atoms with Crippen molar-refractivity contribution in [3.05, 3.63) is 23.3 Å². The van der Waals surface area contributed by atoms with Gasteiger partial charge in [0.2, 0.25) is 5.91 Å². The van der Waals surface area contributed by atoms with Crippen LogP contribution in [0.4, 0.5) is 0 Å². The predicted octanol–water partition coefficient (Wildman–Crippen LogP) is 3.33. The van der Waals surface area contributed by atoms with Crippen molar-refractivity contribution in [1.29, 1.82) is 0 Å². The molecule has 1 amide bonds. The lowest BCUT2D eigenvalue weighted by Crippen LogP contribution is -2.47. The van der Waals surface area contributed by atoms with E-state index >= 15 is 0 Å². The van der Waals surface area contributed by atoms with E-state index in [0.29, 0.717) is 25.2 Å². The van der Waals surface area contributed by atoms with Crippen LogP contribution in [-0.2, 0) is 20.5 Å².